The summed E-state index contributed by atoms with van der Waals surface area (Å²) in [6, 6.07) is 31.2. The number of carbonyl (C=O) groups is 1. The van der Waals surface area contributed by atoms with Crippen LogP contribution in [0.15, 0.2) is 97.1 Å². The van der Waals surface area contributed by atoms with Crippen LogP contribution < -0.4 is 24.3 Å². The molecular formula is C32H33NO5. The molecule has 38 heavy (non-hydrogen) atoms. The van der Waals surface area contributed by atoms with Gasteiger partial charge >= 0.3 is 0 Å². The van der Waals surface area contributed by atoms with Gasteiger partial charge in [-0.25, -0.2) is 0 Å². The minimum absolute atomic E-state index is 0.0895. The van der Waals surface area contributed by atoms with Crippen molar-refractivity contribution in [1.82, 2.24) is 5.32 Å². The Kier molecular flexibility index (Phi) is 9.24. The standard InChI is InChI=1S/C32H33NO5/c1-23(27-15-17-29(31(19-27)36-3)38-22-25-12-8-5-9-13-25)32(34)33-20-26-14-16-28(30(18-26)35-2)37-21-24-10-6-4-7-11-24/h4-19,23H,20-22H2,1-3H3,(H,33,34). The Morgan fingerprint density at radius 1 is 0.658 bits per heavy atom. The Bertz CT molecular complexity index is 1320. The first-order valence-electron chi connectivity index (χ1n) is 12.5. The number of carbonyl (C=O) groups excluding carboxylic acids is 1. The Labute approximate surface area is 224 Å². The maximum atomic E-state index is 13.0. The molecule has 6 nitrogen and oxygen atoms in total. The molecule has 0 saturated carbocycles. The maximum Gasteiger partial charge on any atom is 0.227 e. The minimum atomic E-state index is -0.373. The number of hydrogen-bond acceptors (Lipinski definition) is 5. The third-order valence-electron chi connectivity index (χ3n) is 6.25. The van der Waals surface area contributed by atoms with Crippen LogP contribution >= 0.6 is 0 Å². The van der Waals surface area contributed by atoms with Gasteiger partial charge < -0.3 is 24.3 Å². The molecule has 0 heterocycles. The second-order valence-electron chi connectivity index (χ2n) is 8.88. The molecule has 1 N–H and O–H groups in total. The minimum Gasteiger partial charge on any atom is -0.493 e. The van der Waals surface area contributed by atoms with E-state index < -0.39 is 0 Å². The van der Waals surface area contributed by atoms with Crippen molar-refractivity contribution in [3.8, 4) is 23.0 Å². The molecule has 4 rings (SSSR count). The van der Waals surface area contributed by atoms with Crippen LogP contribution in [0.2, 0.25) is 0 Å². The highest BCUT2D eigenvalue weighted by Crippen LogP contribution is 2.32. The number of benzene rings is 4. The Hall–Kier alpha value is -4.45. The fourth-order valence-corrected chi connectivity index (χ4v) is 3.98. The number of amides is 1. The van der Waals surface area contributed by atoms with Gasteiger partial charge in [0.15, 0.2) is 23.0 Å². The van der Waals surface area contributed by atoms with Gasteiger partial charge in [0.25, 0.3) is 0 Å². The quantitative estimate of drug-likeness (QED) is 0.242. The van der Waals surface area contributed by atoms with Crippen molar-refractivity contribution in [1.29, 1.82) is 0 Å². The smallest absolute Gasteiger partial charge is 0.227 e. The summed E-state index contributed by atoms with van der Waals surface area (Å²) in [7, 11) is 3.20. The molecule has 0 aliphatic heterocycles. The van der Waals surface area contributed by atoms with E-state index in [1.54, 1.807) is 14.2 Å². The third-order valence-corrected chi connectivity index (χ3v) is 6.25. The lowest BCUT2D eigenvalue weighted by atomic mass is 9.99. The predicted octanol–water partition coefficient (Wildman–Crippen LogP) is 6.28. The van der Waals surface area contributed by atoms with Crippen LogP contribution in [0.3, 0.4) is 0 Å². The molecule has 0 fully saturated rings. The molecule has 0 saturated heterocycles. The van der Waals surface area contributed by atoms with Gasteiger partial charge in [0.05, 0.1) is 20.1 Å². The first kappa shape index (κ1) is 26.6. The molecule has 1 amide bonds. The van der Waals surface area contributed by atoms with Crippen molar-refractivity contribution in [2.75, 3.05) is 14.2 Å². The second-order valence-corrected chi connectivity index (χ2v) is 8.88. The summed E-state index contributed by atoms with van der Waals surface area (Å²) >= 11 is 0. The van der Waals surface area contributed by atoms with E-state index in [4.69, 9.17) is 18.9 Å². The highest BCUT2D eigenvalue weighted by Gasteiger charge is 2.18. The molecule has 1 unspecified atom stereocenters. The first-order valence-corrected chi connectivity index (χ1v) is 12.5. The number of ether oxygens (including phenoxy) is 4. The van der Waals surface area contributed by atoms with E-state index in [2.05, 4.69) is 5.32 Å². The van der Waals surface area contributed by atoms with Gasteiger partial charge in [-0.1, -0.05) is 72.8 Å². The van der Waals surface area contributed by atoms with Crippen molar-refractivity contribution >= 4 is 5.91 Å². The number of rotatable bonds is 12. The SMILES string of the molecule is COc1cc(CNC(=O)C(C)c2ccc(OCc3ccccc3)c(OC)c2)ccc1OCc1ccccc1. The van der Waals surface area contributed by atoms with E-state index >= 15 is 0 Å². The number of nitrogens with one attached hydrogen (secondary N) is 1. The highest BCUT2D eigenvalue weighted by molar-refractivity contribution is 5.83. The van der Waals surface area contributed by atoms with Gasteiger partial charge in [0.2, 0.25) is 5.91 Å². The lowest BCUT2D eigenvalue weighted by Gasteiger charge is -2.17. The van der Waals surface area contributed by atoms with Gasteiger partial charge in [0, 0.05) is 6.54 Å². The topological polar surface area (TPSA) is 66.0 Å². The van der Waals surface area contributed by atoms with E-state index in [1.165, 1.54) is 0 Å². The molecule has 0 aliphatic rings. The van der Waals surface area contributed by atoms with Gasteiger partial charge in [-0.05, 0) is 53.4 Å². The molecule has 4 aromatic carbocycles. The molecule has 196 valence electrons. The monoisotopic (exact) mass is 511 g/mol. The van der Waals surface area contributed by atoms with Gasteiger partial charge in [-0.2, -0.15) is 0 Å². The van der Waals surface area contributed by atoms with E-state index in [-0.39, 0.29) is 11.8 Å². The molecular weight excluding hydrogens is 478 g/mol. The zero-order chi connectivity index (χ0) is 26.7. The van der Waals surface area contributed by atoms with E-state index in [0.717, 1.165) is 22.3 Å². The summed E-state index contributed by atoms with van der Waals surface area (Å²) in [6.07, 6.45) is 0. The van der Waals surface area contributed by atoms with Crippen molar-refractivity contribution in [2.24, 2.45) is 0 Å². The Morgan fingerprint density at radius 3 is 1.74 bits per heavy atom. The molecule has 0 radical (unpaired) electrons. The molecule has 6 heteroatoms. The largest absolute Gasteiger partial charge is 0.493 e. The molecule has 1 atom stereocenters. The maximum absolute atomic E-state index is 13.0. The van der Waals surface area contributed by atoms with Crippen LogP contribution in [-0.2, 0) is 24.6 Å². The van der Waals surface area contributed by atoms with Gasteiger partial charge in [0.1, 0.15) is 13.2 Å². The summed E-state index contributed by atoms with van der Waals surface area (Å²) in [4.78, 5) is 13.0. The zero-order valence-corrected chi connectivity index (χ0v) is 22.0. The summed E-state index contributed by atoms with van der Waals surface area (Å²) in [5, 5.41) is 3.02. The Balaban J connectivity index is 1.34. The fraction of sp³-hybridized carbons (Fsp3) is 0.219. The molecule has 0 aliphatic carbocycles. The molecule has 4 aromatic rings. The van der Waals surface area contributed by atoms with Gasteiger partial charge in [-0.3, -0.25) is 4.79 Å². The van der Waals surface area contributed by atoms with Crippen molar-refractivity contribution in [3.05, 3.63) is 119 Å². The van der Waals surface area contributed by atoms with Crippen LogP contribution in [0.5, 0.6) is 23.0 Å². The van der Waals surface area contributed by atoms with E-state index in [9.17, 15) is 4.79 Å². The lowest BCUT2D eigenvalue weighted by Crippen LogP contribution is -2.27. The normalized spacial score (nSPS) is 11.3. The highest BCUT2D eigenvalue weighted by atomic mass is 16.5. The number of hydrogen-bond donors (Lipinski definition) is 1. The summed E-state index contributed by atoms with van der Waals surface area (Å²) in [6.45, 7) is 3.13. The fourth-order valence-electron chi connectivity index (χ4n) is 3.98. The second kappa shape index (κ2) is 13.2. The van der Waals surface area contributed by atoms with Crippen LogP contribution in [0, 0.1) is 0 Å². The van der Waals surface area contributed by atoms with E-state index in [1.807, 2.05) is 104 Å². The molecule has 0 bridgehead atoms. The first-order chi connectivity index (χ1) is 18.6. The van der Waals surface area contributed by atoms with Crippen LogP contribution in [-0.4, -0.2) is 20.1 Å². The van der Waals surface area contributed by atoms with Crippen LogP contribution in [0.4, 0.5) is 0 Å². The lowest BCUT2D eigenvalue weighted by molar-refractivity contribution is -0.122. The van der Waals surface area contributed by atoms with Crippen LogP contribution in [0.25, 0.3) is 0 Å². The number of methoxy groups -OCH3 is 2. The zero-order valence-electron chi connectivity index (χ0n) is 22.0. The van der Waals surface area contributed by atoms with Gasteiger partial charge in [-0.15, -0.1) is 0 Å². The van der Waals surface area contributed by atoms with Crippen LogP contribution in [0.1, 0.15) is 35.1 Å². The van der Waals surface area contributed by atoms with Crippen molar-refractivity contribution in [3.63, 3.8) is 0 Å². The predicted molar refractivity (Wildman–Crippen MR) is 148 cm³/mol. The summed E-state index contributed by atoms with van der Waals surface area (Å²) in [5.41, 5.74) is 3.90. The van der Waals surface area contributed by atoms with E-state index in [0.29, 0.717) is 42.8 Å². The molecule has 0 spiro atoms. The average molecular weight is 512 g/mol. The van der Waals surface area contributed by atoms with Crippen molar-refractivity contribution in [2.45, 2.75) is 32.6 Å². The molecule has 0 aromatic heterocycles. The third kappa shape index (κ3) is 7.07. The van der Waals surface area contributed by atoms with Crippen molar-refractivity contribution < 1.29 is 23.7 Å². The average Bonchev–Trinajstić information content (AvgIpc) is 2.98. The Morgan fingerprint density at radius 2 is 1.18 bits per heavy atom. The summed E-state index contributed by atoms with van der Waals surface area (Å²) in [5.74, 6) is 2.04. The summed E-state index contributed by atoms with van der Waals surface area (Å²) < 4.78 is 22.9.